The van der Waals surface area contributed by atoms with E-state index in [1.54, 1.807) is 0 Å². The Bertz CT molecular complexity index is 670. The molecule has 0 amide bonds. The van der Waals surface area contributed by atoms with Crippen LogP contribution in [0.1, 0.15) is 43.4 Å². The second-order valence-electron chi connectivity index (χ2n) is 7.32. The number of hydrogen-bond acceptors (Lipinski definition) is 3. The lowest BCUT2D eigenvalue weighted by Gasteiger charge is -2.37. The van der Waals surface area contributed by atoms with E-state index >= 15 is 0 Å². The SMILES string of the molecule is Cc1ccc2cc(CN3CCC(NC4CCC4)CC3)ccc2n1. The van der Waals surface area contributed by atoms with E-state index in [1.807, 2.05) is 0 Å². The minimum absolute atomic E-state index is 0.750. The largest absolute Gasteiger partial charge is 0.311 e. The summed E-state index contributed by atoms with van der Waals surface area (Å²) in [6.45, 7) is 5.55. The molecule has 1 aliphatic carbocycles. The number of aryl methyl sites for hydroxylation is 1. The summed E-state index contributed by atoms with van der Waals surface area (Å²) in [6.07, 6.45) is 6.80. The molecule has 3 nitrogen and oxygen atoms in total. The molecular formula is C20H27N3. The zero-order valence-electron chi connectivity index (χ0n) is 14.1. The second kappa shape index (κ2) is 6.58. The summed E-state index contributed by atoms with van der Waals surface area (Å²) in [4.78, 5) is 7.19. The van der Waals surface area contributed by atoms with E-state index in [4.69, 9.17) is 0 Å². The van der Waals surface area contributed by atoms with E-state index in [0.717, 1.165) is 29.8 Å². The lowest BCUT2D eigenvalue weighted by Crippen LogP contribution is -2.48. The Morgan fingerprint density at radius 3 is 2.57 bits per heavy atom. The predicted molar refractivity (Wildman–Crippen MR) is 95.6 cm³/mol. The predicted octanol–water partition coefficient (Wildman–Crippen LogP) is 3.65. The molecule has 1 aromatic carbocycles. The summed E-state index contributed by atoms with van der Waals surface area (Å²) in [7, 11) is 0. The maximum atomic E-state index is 4.59. The second-order valence-corrected chi connectivity index (χ2v) is 7.32. The van der Waals surface area contributed by atoms with Gasteiger partial charge in [0.1, 0.15) is 0 Å². The molecule has 1 saturated carbocycles. The zero-order chi connectivity index (χ0) is 15.6. The highest BCUT2D eigenvalue weighted by Crippen LogP contribution is 2.22. The first-order valence-corrected chi connectivity index (χ1v) is 9.11. The number of fused-ring (bicyclic) bond motifs is 1. The van der Waals surface area contributed by atoms with Crippen molar-refractivity contribution in [1.29, 1.82) is 0 Å². The first-order chi connectivity index (χ1) is 11.3. The molecule has 0 bridgehead atoms. The van der Waals surface area contributed by atoms with Crippen molar-refractivity contribution in [3.63, 3.8) is 0 Å². The Labute approximate surface area is 139 Å². The number of pyridine rings is 1. The highest BCUT2D eigenvalue weighted by atomic mass is 15.1. The molecule has 0 radical (unpaired) electrons. The van der Waals surface area contributed by atoms with E-state index in [1.165, 1.54) is 56.1 Å². The van der Waals surface area contributed by atoms with Gasteiger partial charge in [-0.15, -0.1) is 0 Å². The average Bonchev–Trinajstić information content (AvgIpc) is 2.53. The van der Waals surface area contributed by atoms with Gasteiger partial charge in [-0.2, -0.15) is 0 Å². The number of piperidine rings is 1. The highest BCUT2D eigenvalue weighted by Gasteiger charge is 2.24. The smallest absolute Gasteiger partial charge is 0.0705 e. The Morgan fingerprint density at radius 1 is 1.04 bits per heavy atom. The van der Waals surface area contributed by atoms with E-state index in [-0.39, 0.29) is 0 Å². The van der Waals surface area contributed by atoms with Crippen LogP contribution in [-0.2, 0) is 6.54 Å². The van der Waals surface area contributed by atoms with Gasteiger partial charge in [-0.05, 0) is 69.5 Å². The van der Waals surface area contributed by atoms with Crippen molar-refractivity contribution >= 4 is 10.9 Å². The van der Waals surface area contributed by atoms with Crippen LogP contribution < -0.4 is 5.32 Å². The van der Waals surface area contributed by atoms with Crippen molar-refractivity contribution in [3.8, 4) is 0 Å². The number of rotatable bonds is 4. The van der Waals surface area contributed by atoms with Gasteiger partial charge in [0.25, 0.3) is 0 Å². The van der Waals surface area contributed by atoms with Crippen molar-refractivity contribution in [2.75, 3.05) is 13.1 Å². The third-order valence-electron chi connectivity index (χ3n) is 5.46. The maximum Gasteiger partial charge on any atom is 0.0705 e. The molecule has 1 aliphatic heterocycles. The van der Waals surface area contributed by atoms with Crippen molar-refractivity contribution in [2.24, 2.45) is 0 Å². The molecule has 2 aromatic rings. The van der Waals surface area contributed by atoms with Gasteiger partial charge < -0.3 is 5.32 Å². The van der Waals surface area contributed by atoms with Gasteiger partial charge in [-0.25, -0.2) is 0 Å². The van der Waals surface area contributed by atoms with Crippen LogP contribution in [0.25, 0.3) is 10.9 Å². The van der Waals surface area contributed by atoms with Crippen LogP contribution in [0, 0.1) is 6.92 Å². The first-order valence-electron chi connectivity index (χ1n) is 9.11. The molecule has 1 aromatic heterocycles. The Kier molecular flexibility index (Phi) is 4.32. The molecule has 2 aliphatic rings. The third kappa shape index (κ3) is 3.56. The van der Waals surface area contributed by atoms with Crippen LogP contribution in [0.5, 0.6) is 0 Å². The van der Waals surface area contributed by atoms with Crippen molar-refractivity contribution in [1.82, 2.24) is 15.2 Å². The van der Waals surface area contributed by atoms with Gasteiger partial charge in [-0.3, -0.25) is 9.88 Å². The number of hydrogen-bond donors (Lipinski definition) is 1. The van der Waals surface area contributed by atoms with E-state index in [2.05, 4.69) is 52.5 Å². The summed E-state index contributed by atoms with van der Waals surface area (Å²) in [5.74, 6) is 0. The van der Waals surface area contributed by atoms with Gasteiger partial charge in [0.15, 0.2) is 0 Å². The van der Waals surface area contributed by atoms with Gasteiger partial charge in [0.2, 0.25) is 0 Å². The summed E-state index contributed by atoms with van der Waals surface area (Å²) in [5, 5.41) is 5.09. The minimum Gasteiger partial charge on any atom is -0.311 e. The van der Waals surface area contributed by atoms with E-state index in [0.29, 0.717) is 0 Å². The molecule has 23 heavy (non-hydrogen) atoms. The maximum absolute atomic E-state index is 4.59. The number of benzene rings is 1. The minimum atomic E-state index is 0.750. The lowest BCUT2D eigenvalue weighted by molar-refractivity contribution is 0.172. The van der Waals surface area contributed by atoms with Crippen molar-refractivity contribution in [3.05, 3.63) is 41.6 Å². The van der Waals surface area contributed by atoms with Crippen molar-refractivity contribution in [2.45, 2.75) is 57.7 Å². The fourth-order valence-corrected chi connectivity index (χ4v) is 3.80. The molecule has 0 unspecified atom stereocenters. The van der Waals surface area contributed by atoms with Crippen LogP contribution in [0.3, 0.4) is 0 Å². The fourth-order valence-electron chi connectivity index (χ4n) is 3.80. The van der Waals surface area contributed by atoms with Crippen molar-refractivity contribution < 1.29 is 0 Å². The molecule has 2 fully saturated rings. The summed E-state index contributed by atoms with van der Waals surface area (Å²) in [6, 6.07) is 12.6. The highest BCUT2D eigenvalue weighted by molar-refractivity contribution is 5.79. The number of aromatic nitrogens is 1. The molecule has 0 spiro atoms. The van der Waals surface area contributed by atoms with Crippen LogP contribution in [-0.4, -0.2) is 35.1 Å². The molecule has 1 saturated heterocycles. The third-order valence-corrected chi connectivity index (χ3v) is 5.46. The monoisotopic (exact) mass is 309 g/mol. The molecular weight excluding hydrogens is 282 g/mol. The number of likely N-dealkylation sites (tertiary alicyclic amines) is 1. The Morgan fingerprint density at radius 2 is 1.83 bits per heavy atom. The van der Waals surface area contributed by atoms with Crippen LogP contribution in [0.4, 0.5) is 0 Å². The van der Waals surface area contributed by atoms with Gasteiger partial charge >= 0.3 is 0 Å². The van der Waals surface area contributed by atoms with Gasteiger partial charge in [0, 0.05) is 29.7 Å². The molecule has 122 valence electrons. The Balaban J connectivity index is 1.34. The summed E-state index contributed by atoms with van der Waals surface area (Å²) < 4.78 is 0. The topological polar surface area (TPSA) is 28.2 Å². The summed E-state index contributed by atoms with van der Waals surface area (Å²) >= 11 is 0. The first kappa shape index (κ1) is 15.1. The van der Waals surface area contributed by atoms with E-state index in [9.17, 15) is 0 Å². The van der Waals surface area contributed by atoms with Gasteiger partial charge in [-0.1, -0.05) is 18.6 Å². The molecule has 1 N–H and O–H groups in total. The Hall–Kier alpha value is -1.45. The molecule has 0 atom stereocenters. The normalized spacial score (nSPS) is 20.7. The van der Waals surface area contributed by atoms with Crippen LogP contribution in [0.2, 0.25) is 0 Å². The quantitative estimate of drug-likeness (QED) is 0.934. The molecule has 2 heterocycles. The van der Waals surface area contributed by atoms with Crippen LogP contribution >= 0.6 is 0 Å². The van der Waals surface area contributed by atoms with E-state index < -0.39 is 0 Å². The standard InChI is InChI=1S/C20H27N3/c1-15-5-7-17-13-16(6-8-20(17)21-15)14-23-11-9-19(10-12-23)22-18-3-2-4-18/h5-8,13,18-19,22H,2-4,9-12,14H2,1H3. The molecule has 3 heteroatoms. The van der Waals surface area contributed by atoms with Gasteiger partial charge in [0.05, 0.1) is 5.52 Å². The number of nitrogens with zero attached hydrogens (tertiary/aromatic N) is 2. The lowest BCUT2D eigenvalue weighted by atomic mass is 9.91. The zero-order valence-corrected chi connectivity index (χ0v) is 14.1. The summed E-state index contributed by atoms with van der Waals surface area (Å²) in [5.41, 5.74) is 3.61. The molecule has 4 rings (SSSR count). The van der Waals surface area contributed by atoms with Crippen LogP contribution in [0.15, 0.2) is 30.3 Å². The fraction of sp³-hybridized carbons (Fsp3) is 0.550. The average molecular weight is 309 g/mol. The number of nitrogens with one attached hydrogen (secondary N) is 1.